The van der Waals surface area contributed by atoms with Crippen molar-refractivity contribution in [3.8, 4) is 5.75 Å². The zero-order valence-electron chi connectivity index (χ0n) is 13.3. The minimum Gasteiger partial charge on any atom is -0.507 e. The van der Waals surface area contributed by atoms with Crippen molar-refractivity contribution in [2.75, 3.05) is 5.32 Å². The standard InChI is InChI=1S/C18H21N3O2/c1-11-8-12(2)17(22)14(9-11)15-10-16(21-20-15)18(23)19-13-6-4-3-5-7-13/h3-9,15-16,20-22H,10H2,1-2H3,(H,19,23). The van der Waals surface area contributed by atoms with E-state index in [9.17, 15) is 9.90 Å². The predicted molar refractivity (Wildman–Crippen MR) is 90.1 cm³/mol. The number of carbonyl (C=O) groups is 1. The van der Waals surface area contributed by atoms with Crippen LogP contribution in [0, 0.1) is 13.8 Å². The molecule has 0 radical (unpaired) electrons. The van der Waals surface area contributed by atoms with Crippen LogP contribution in [-0.4, -0.2) is 17.1 Å². The van der Waals surface area contributed by atoms with Gasteiger partial charge in [0.25, 0.3) is 0 Å². The van der Waals surface area contributed by atoms with Gasteiger partial charge in [-0.2, -0.15) is 0 Å². The van der Waals surface area contributed by atoms with Gasteiger partial charge in [-0.3, -0.25) is 4.79 Å². The van der Waals surface area contributed by atoms with E-state index in [1.54, 1.807) is 0 Å². The van der Waals surface area contributed by atoms with Crippen molar-refractivity contribution in [3.63, 3.8) is 0 Å². The molecular weight excluding hydrogens is 290 g/mol. The molecule has 0 bridgehead atoms. The van der Waals surface area contributed by atoms with Crippen molar-refractivity contribution in [3.05, 3.63) is 59.2 Å². The number of benzene rings is 2. The predicted octanol–water partition coefficient (Wildman–Crippen LogP) is 2.56. The molecule has 0 aromatic heterocycles. The molecule has 2 atom stereocenters. The smallest absolute Gasteiger partial charge is 0.242 e. The number of phenols is 1. The van der Waals surface area contributed by atoms with Gasteiger partial charge in [0.1, 0.15) is 11.8 Å². The first kappa shape index (κ1) is 15.5. The molecule has 2 unspecified atom stereocenters. The van der Waals surface area contributed by atoms with Crippen molar-refractivity contribution >= 4 is 11.6 Å². The third-order valence-corrected chi connectivity index (χ3v) is 4.11. The van der Waals surface area contributed by atoms with Gasteiger partial charge in [0.15, 0.2) is 0 Å². The molecule has 5 nitrogen and oxygen atoms in total. The second-order valence-corrected chi connectivity index (χ2v) is 6.00. The summed E-state index contributed by atoms with van der Waals surface area (Å²) in [6.07, 6.45) is 0.578. The van der Waals surface area contributed by atoms with E-state index in [0.717, 1.165) is 22.4 Å². The first-order valence-electron chi connectivity index (χ1n) is 7.71. The van der Waals surface area contributed by atoms with Crippen LogP contribution in [0.4, 0.5) is 5.69 Å². The zero-order chi connectivity index (χ0) is 16.4. The van der Waals surface area contributed by atoms with Gasteiger partial charge < -0.3 is 10.4 Å². The lowest BCUT2D eigenvalue weighted by Crippen LogP contribution is -2.39. The van der Waals surface area contributed by atoms with E-state index in [1.807, 2.05) is 56.3 Å². The van der Waals surface area contributed by atoms with Crippen molar-refractivity contribution in [1.29, 1.82) is 0 Å². The van der Waals surface area contributed by atoms with Gasteiger partial charge in [0.2, 0.25) is 5.91 Å². The molecule has 2 aromatic carbocycles. The van der Waals surface area contributed by atoms with E-state index in [1.165, 1.54) is 0 Å². The van der Waals surface area contributed by atoms with Crippen LogP contribution in [0.15, 0.2) is 42.5 Å². The zero-order valence-corrected chi connectivity index (χ0v) is 13.3. The second-order valence-electron chi connectivity index (χ2n) is 6.00. The molecule has 5 heteroatoms. The fourth-order valence-electron chi connectivity index (χ4n) is 2.94. The number of nitrogens with one attached hydrogen (secondary N) is 3. The van der Waals surface area contributed by atoms with E-state index >= 15 is 0 Å². The van der Waals surface area contributed by atoms with Gasteiger partial charge in [0.05, 0.1) is 6.04 Å². The lowest BCUT2D eigenvalue weighted by molar-refractivity contribution is -0.117. The van der Waals surface area contributed by atoms with Crippen LogP contribution in [0.3, 0.4) is 0 Å². The minimum atomic E-state index is -0.347. The van der Waals surface area contributed by atoms with Crippen LogP contribution in [0.25, 0.3) is 0 Å². The first-order chi connectivity index (χ1) is 11.0. The van der Waals surface area contributed by atoms with Gasteiger partial charge >= 0.3 is 0 Å². The third-order valence-electron chi connectivity index (χ3n) is 4.11. The first-order valence-corrected chi connectivity index (χ1v) is 7.71. The number of hydrogen-bond donors (Lipinski definition) is 4. The van der Waals surface area contributed by atoms with Gasteiger partial charge in [0, 0.05) is 11.3 Å². The molecule has 0 saturated carbocycles. The molecule has 1 amide bonds. The van der Waals surface area contributed by atoms with E-state index in [4.69, 9.17) is 0 Å². The van der Waals surface area contributed by atoms with Crippen molar-refractivity contribution < 1.29 is 9.90 Å². The molecule has 1 aliphatic rings. The topological polar surface area (TPSA) is 73.4 Å². The Kier molecular flexibility index (Phi) is 4.32. The Hall–Kier alpha value is -2.37. The fourth-order valence-corrected chi connectivity index (χ4v) is 2.94. The average Bonchev–Trinajstić information content (AvgIpc) is 3.01. The molecule has 1 heterocycles. The van der Waals surface area contributed by atoms with Crippen molar-refractivity contribution in [2.45, 2.75) is 32.4 Å². The normalized spacial score (nSPS) is 20.4. The largest absolute Gasteiger partial charge is 0.507 e. The van der Waals surface area contributed by atoms with Gasteiger partial charge in [-0.25, -0.2) is 10.9 Å². The highest BCUT2D eigenvalue weighted by Gasteiger charge is 2.31. The summed E-state index contributed by atoms with van der Waals surface area (Å²) in [5.41, 5.74) is 9.67. The summed E-state index contributed by atoms with van der Waals surface area (Å²) < 4.78 is 0. The Morgan fingerprint density at radius 3 is 2.65 bits per heavy atom. The number of hydrazine groups is 1. The molecule has 120 valence electrons. The van der Waals surface area contributed by atoms with E-state index in [2.05, 4.69) is 16.2 Å². The Morgan fingerprint density at radius 1 is 1.17 bits per heavy atom. The van der Waals surface area contributed by atoms with Gasteiger partial charge in [-0.1, -0.05) is 35.9 Å². The molecule has 0 aliphatic carbocycles. The maximum atomic E-state index is 12.3. The summed E-state index contributed by atoms with van der Waals surface area (Å²) in [5.74, 6) is 0.203. The second kappa shape index (κ2) is 6.40. The Balaban J connectivity index is 1.70. The number of aromatic hydroxyl groups is 1. The van der Waals surface area contributed by atoms with E-state index < -0.39 is 0 Å². The number of anilines is 1. The van der Waals surface area contributed by atoms with Crippen LogP contribution in [0.1, 0.15) is 29.2 Å². The molecule has 1 aliphatic heterocycles. The van der Waals surface area contributed by atoms with Crippen LogP contribution in [0.5, 0.6) is 5.75 Å². The average molecular weight is 311 g/mol. The number of rotatable bonds is 3. The molecule has 4 N–H and O–H groups in total. The summed E-state index contributed by atoms with van der Waals surface area (Å²) in [4.78, 5) is 12.3. The summed E-state index contributed by atoms with van der Waals surface area (Å²) in [7, 11) is 0. The van der Waals surface area contributed by atoms with Crippen molar-refractivity contribution in [2.24, 2.45) is 0 Å². The molecule has 1 fully saturated rings. The summed E-state index contributed by atoms with van der Waals surface area (Å²) in [6, 6.07) is 12.8. The SMILES string of the molecule is Cc1cc(C)c(O)c(C2CC(C(=O)Nc3ccccc3)NN2)c1. The Bertz CT molecular complexity index is 716. The van der Waals surface area contributed by atoms with Crippen molar-refractivity contribution in [1.82, 2.24) is 10.9 Å². The third kappa shape index (κ3) is 3.36. The lowest BCUT2D eigenvalue weighted by atomic mass is 9.96. The molecule has 0 spiro atoms. The highest BCUT2D eigenvalue weighted by atomic mass is 16.3. The minimum absolute atomic E-state index is 0.0879. The molecular formula is C18H21N3O2. The Morgan fingerprint density at radius 2 is 1.91 bits per heavy atom. The van der Waals surface area contributed by atoms with E-state index in [0.29, 0.717) is 12.2 Å². The van der Waals surface area contributed by atoms with Crippen LogP contribution < -0.4 is 16.2 Å². The number of para-hydroxylation sites is 1. The number of carbonyl (C=O) groups excluding carboxylic acids is 1. The molecule has 2 aromatic rings. The Labute approximate surface area is 135 Å². The molecule has 23 heavy (non-hydrogen) atoms. The number of phenolic OH excluding ortho intramolecular Hbond substituents is 1. The molecule has 3 rings (SSSR count). The van der Waals surface area contributed by atoms with Crippen LogP contribution >= 0.6 is 0 Å². The monoisotopic (exact) mass is 311 g/mol. The van der Waals surface area contributed by atoms with Crippen LogP contribution in [0.2, 0.25) is 0 Å². The molecule has 1 saturated heterocycles. The quantitative estimate of drug-likeness (QED) is 0.703. The van der Waals surface area contributed by atoms with Gasteiger partial charge in [-0.05, 0) is 38.0 Å². The highest BCUT2D eigenvalue weighted by molar-refractivity contribution is 5.95. The van der Waals surface area contributed by atoms with Crippen LogP contribution in [-0.2, 0) is 4.79 Å². The number of hydrogen-bond acceptors (Lipinski definition) is 4. The van der Waals surface area contributed by atoms with Gasteiger partial charge in [-0.15, -0.1) is 0 Å². The highest BCUT2D eigenvalue weighted by Crippen LogP contribution is 2.33. The fraction of sp³-hybridized carbons (Fsp3) is 0.278. The maximum absolute atomic E-state index is 12.3. The van der Waals surface area contributed by atoms with E-state index in [-0.39, 0.29) is 18.0 Å². The summed E-state index contributed by atoms with van der Waals surface area (Å²) >= 11 is 0. The summed E-state index contributed by atoms with van der Waals surface area (Å²) in [5, 5.41) is 13.2. The number of aryl methyl sites for hydroxylation is 2. The summed E-state index contributed by atoms with van der Waals surface area (Å²) in [6.45, 7) is 3.88. The lowest BCUT2D eigenvalue weighted by Gasteiger charge is -2.14. The maximum Gasteiger partial charge on any atom is 0.242 e. The number of amides is 1.